The predicted octanol–water partition coefficient (Wildman–Crippen LogP) is 4.23. The zero-order valence-electron chi connectivity index (χ0n) is 11.9. The Labute approximate surface area is 120 Å². The molecule has 0 saturated heterocycles. The van der Waals surface area contributed by atoms with Gasteiger partial charge < -0.3 is 0 Å². The van der Waals surface area contributed by atoms with Crippen LogP contribution in [0.3, 0.4) is 0 Å². The lowest BCUT2D eigenvalue weighted by atomic mass is 9.79. The number of rotatable bonds is 3. The summed E-state index contributed by atoms with van der Waals surface area (Å²) in [4.78, 5) is 12.6. The van der Waals surface area contributed by atoms with E-state index in [0.29, 0.717) is 12.2 Å². The number of ketones is 1. The van der Waals surface area contributed by atoms with Crippen molar-refractivity contribution in [3.63, 3.8) is 0 Å². The molecule has 2 aromatic rings. The van der Waals surface area contributed by atoms with Crippen LogP contribution in [0.25, 0.3) is 0 Å². The SMILES string of the molecule is Cc1ccc(CC(=O)C2CCCc3ccccc32)cc1. The van der Waals surface area contributed by atoms with Gasteiger partial charge in [0.25, 0.3) is 0 Å². The summed E-state index contributed by atoms with van der Waals surface area (Å²) in [5, 5.41) is 0. The molecule has 20 heavy (non-hydrogen) atoms. The second kappa shape index (κ2) is 5.62. The largest absolute Gasteiger partial charge is 0.299 e. The Hall–Kier alpha value is -1.89. The molecule has 0 amide bonds. The van der Waals surface area contributed by atoms with E-state index in [2.05, 4.69) is 55.5 Å². The molecule has 1 heteroatoms. The Balaban J connectivity index is 1.80. The lowest BCUT2D eigenvalue weighted by Gasteiger charge is -2.24. The van der Waals surface area contributed by atoms with Crippen LogP contribution >= 0.6 is 0 Å². The van der Waals surface area contributed by atoms with Crippen LogP contribution in [0.4, 0.5) is 0 Å². The van der Waals surface area contributed by atoms with Gasteiger partial charge in [-0.15, -0.1) is 0 Å². The molecule has 102 valence electrons. The van der Waals surface area contributed by atoms with Crippen molar-refractivity contribution in [3.8, 4) is 0 Å². The van der Waals surface area contributed by atoms with Gasteiger partial charge in [-0.1, -0.05) is 54.1 Å². The average molecular weight is 264 g/mol. The van der Waals surface area contributed by atoms with Gasteiger partial charge in [-0.05, 0) is 42.9 Å². The molecular formula is C19H20O. The third kappa shape index (κ3) is 2.67. The predicted molar refractivity (Wildman–Crippen MR) is 82.0 cm³/mol. The van der Waals surface area contributed by atoms with Crippen LogP contribution in [-0.4, -0.2) is 5.78 Å². The minimum Gasteiger partial charge on any atom is -0.299 e. The molecule has 1 unspecified atom stereocenters. The molecule has 1 aliphatic carbocycles. The topological polar surface area (TPSA) is 17.1 Å². The van der Waals surface area contributed by atoms with E-state index in [9.17, 15) is 4.79 Å². The number of hydrogen-bond donors (Lipinski definition) is 0. The smallest absolute Gasteiger partial charge is 0.144 e. The van der Waals surface area contributed by atoms with Crippen molar-refractivity contribution in [2.24, 2.45) is 0 Å². The molecule has 1 aliphatic rings. The second-order valence-electron chi connectivity index (χ2n) is 5.77. The van der Waals surface area contributed by atoms with Crippen LogP contribution in [0.1, 0.15) is 41.0 Å². The second-order valence-corrected chi connectivity index (χ2v) is 5.77. The van der Waals surface area contributed by atoms with E-state index >= 15 is 0 Å². The molecule has 3 rings (SSSR count). The summed E-state index contributed by atoms with van der Waals surface area (Å²) in [5.41, 5.74) is 4.99. The maximum Gasteiger partial charge on any atom is 0.144 e. The summed E-state index contributed by atoms with van der Waals surface area (Å²) in [6.45, 7) is 2.07. The summed E-state index contributed by atoms with van der Waals surface area (Å²) in [7, 11) is 0. The molecule has 0 N–H and O–H groups in total. The molecular weight excluding hydrogens is 244 g/mol. The van der Waals surface area contributed by atoms with Gasteiger partial charge in [-0.3, -0.25) is 4.79 Å². The van der Waals surface area contributed by atoms with Gasteiger partial charge in [0.2, 0.25) is 0 Å². The standard InChI is InChI=1S/C19H20O/c1-14-9-11-15(12-10-14)13-19(20)18-8-4-6-16-5-2-3-7-17(16)18/h2-3,5,7,9-12,18H,4,6,8,13H2,1H3. The zero-order chi connectivity index (χ0) is 13.9. The molecule has 0 saturated carbocycles. The van der Waals surface area contributed by atoms with Gasteiger partial charge in [0.1, 0.15) is 5.78 Å². The fourth-order valence-corrected chi connectivity index (χ4v) is 3.12. The van der Waals surface area contributed by atoms with E-state index in [1.165, 1.54) is 16.7 Å². The first-order chi connectivity index (χ1) is 9.74. The van der Waals surface area contributed by atoms with Gasteiger partial charge >= 0.3 is 0 Å². The molecule has 0 radical (unpaired) electrons. The fraction of sp³-hybridized carbons (Fsp3) is 0.316. The lowest BCUT2D eigenvalue weighted by Crippen LogP contribution is -2.20. The molecule has 1 nitrogen and oxygen atoms in total. The first kappa shape index (κ1) is 13.1. The van der Waals surface area contributed by atoms with Crippen molar-refractivity contribution >= 4 is 5.78 Å². The van der Waals surface area contributed by atoms with Gasteiger partial charge in [-0.2, -0.15) is 0 Å². The Morgan fingerprint density at radius 3 is 2.65 bits per heavy atom. The Morgan fingerprint density at radius 1 is 1.10 bits per heavy atom. The first-order valence-corrected chi connectivity index (χ1v) is 7.40. The number of benzene rings is 2. The summed E-state index contributed by atoms with van der Waals surface area (Å²) in [6, 6.07) is 16.7. The first-order valence-electron chi connectivity index (χ1n) is 7.40. The number of Topliss-reactive ketones (excluding diaryl/α,β-unsaturated/α-hetero) is 1. The number of hydrogen-bond acceptors (Lipinski definition) is 1. The molecule has 0 aliphatic heterocycles. The summed E-state index contributed by atoms with van der Waals surface area (Å²) < 4.78 is 0. The maximum absolute atomic E-state index is 12.6. The molecule has 2 aromatic carbocycles. The van der Waals surface area contributed by atoms with Crippen LogP contribution in [0.5, 0.6) is 0 Å². The third-order valence-corrected chi connectivity index (χ3v) is 4.26. The number of carbonyl (C=O) groups excluding carboxylic acids is 1. The highest BCUT2D eigenvalue weighted by molar-refractivity contribution is 5.88. The van der Waals surface area contributed by atoms with Crippen LogP contribution < -0.4 is 0 Å². The Bertz CT molecular complexity index is 610. The van der Waals surface area contributed by atoms with Crippen molar-refractivity contribution in [2.75, 3.05) is 0 Å². The third-order valence-electron chi connectivity index (χ3n) is 4.26. The summed E-state index contributed by atoms with van der Waals surface area (Å²) in [6.07, 6.45) is 3.80. The Kier molecular flexibility index (Phi) is 3.68. The van der Waals surface area contributed by atoms with Crippen molar-refractivity contribution < 1.29 is 4.79 Å². The van der Waals surface area contributed by atoms with E-state index in [-0.39, 0.29) is 5.92 Å². The van der Waals surface area contributed by atoms with Crippen molar-refractivity contribution in [2.45, 2.75) is 38.5 Å². The molecule has 1 atom stereocenters. The van der Waals surface area contributed by atoms with E-state index < -0.39 is 0 Å². The maximum atomic E-state index is 12.6. The quantitative estimate of drug-likeness (QED) is 0.811. The van der Waals surface area contributed by atoms with Crippen LogP contribution in [-0.2, 0) is 17.6 Å². The highest BCUT2D eigenvalue weighted by Gasteiger charge is 2.25. The minimum absolute atomic E-state index is 0.0984. The Morgan fingerprint density at radius 2 is 1.85 bits per heavy atom. The van der Waals surface area contributed by atoms with E-state index in [0.717, 1.165) is 24.8 Å². The van der Waals surface area contributed by atoms with Crippen molar-refractivity contribution in [1.82, 2.24) is 0 Å². The summed E-state index contributed by atoms with van der Waals surface area (Å²) >= 11 is 0. The van der Waals surface area contributed by atoms with Gasteiger partial charge in [0, 0.05) is 12.3 Å². The molecule has 0 fully saturated rings. The van der Waals surface area contributed by atoms with Crippen LogP contribution in [0.15, 0.2) is 48.5 Å². The van der Waals surface area contributed by atoms with Gasteiger partial charge in [0.05, 0.1) is 0 Å². The van der Waals surface area contributed by atoms with E-state index in [1.54, 1.807) is 0 Å². The molecule has 0 aromatic heterocycles. The highest BCUT2D eigenvalue weighted by atomic mass is 16.1. The van der Waals surface area contributed by atoms with Crippen LogP contribution in [0, 0.1) is 6.92 Å². The normalized spacial score (nSPS) is 17.6. The lowest BCUT2D eigenvalue weighted by molar-refractivity contribution is -0.120. The van der Waals surface area contributed by atoms with Crippen molar-refractivity contribution in [3.05, 3.63) is 70.8 Å². The highest BCUT2D eigenvalue weighted by Crippen LogP contribution is 2.32. The van der Waals surface area contributed by atoms with Gasteiger partial charge in [0.15, 0.2) is 0 Å². The van der Waals surface area contributed by atoms with Crippen LogP contribution in [0.2, 0.25) is 0 Å². The van der Waals surface area contributed by atoms with E-state index in [1.807, 2.05) is 0 Å². The zero-order valence-corrected chi connectivity index (χ0v) is 11.9. The van der Waals surface area contributed by atoms with E-state index in [4.69, 9.17) is 0 Å². The average Bonchev–Trinajstić information content (AvgIpc) is 2.49. The summed E-state index contributed by atoms with van der Waals surface area (Å²) in [5.74, 6) is 0.460. The number of carbonyl (C=O) groups is 1. The monoisotopic (exact) mass is 264 g/mol. The number of aryl methyl sites for hydroxylation is 2. The molecule has 0 spiro atoms. The molecule has 0 heterocycles. The fourth-order valence-electron chi connectivity index (χ4n) is 3.12. The van der Waals surface area contributed by atoms with Gasteiger partial charge in [-0.25, -0.2) is 0 Å². The van der Waals surface area contributed by atoms with Crippen molar-refractivity contribution in [1.29, 1.82) is 0 Å². The molecule has 0 bridgehead atoms. The number of fused-ring (bicyclic) bond motifs is 1. The minimum atomic E-state index is 0.0984.